The van der Waals surface area contributed by atoms with Gasteiger partial charge in [0.25, 0.3) is 0 Å². The normalized spacial score (nSPS) is 9.38. The molecule has 0 rings (SSSR count). The molecule has 0 atom stereocenters. The third kappa shape index (κ3) is 48.6. The second kappa shape index (κ2) is 20.3. The highest BCUT2D eigenvalue weighted by atomic mass is 16.3. The minimum Gasteiger partial charge on any atom is -0.396 e. The molecule has 0 aromatic heterocycles. The molecular formula is C13H33NO2. The molecule has 0 saturated heterocycles. The first-order valence-electron chi connectivity index (χ1n) is 6.37. The quantitative estimate of drug-likeness (QED) is 0.685. The Kier molecular flexibility index (Phi) is 26.9. The van der Waals surface area contributed by atoms with Gasteiger partial charge < -0.3 is 15.9 Å². The zero-order valence-corrected chi connectivity index (χ0v) is 11.9. The van der Waals surface area contributed by atoms with Crippen LogP contribution in [0.4, 0.5) is 0 Å². The van der Waals surface area contributed by atoms with Gasteiger partial charge in [0.05, 0.1) is 6.61 Å². The molecule has 4 N–H and O–H groups in total. The third-order valence-electron chi connectivity index (χ3n) is 1.70. The summed E-state index contributed by atoms with van der Waals surface area (Å²) in [5.74, 6) is 1.55. The van der Waals surface area contributed by atoms with Gasteiger partial charge in [0, 0.05) is 13.2 Å². The van der Waals surface area contributed by atoms with Crippen LogP contribution in [0.1, 0.15) is 53.9 Å². The van der Waals surface area contributed by atoms with E-state index in [0.29, 0.717) is 19.1 Å². The van der Waals surface area contributed by atoms with E-state index in [1.165, 1.54) is 12.8 Å². The molecule has 0 saturated carbocycles. The van der Waals surface area contributed by atoms with Crippen LogP contribution in [0.3, 0.4) is 0 Å². The monoisotopic (exact) mass is 235 g/mol. The van der Waals surface area contributed by atoms with Gasteiger partial charge in [-0.2, -0.15) is 0 Å². The van der Waals surface area contributed by atoms with Gasteiger partial charge in [-0.3, -0.25) is 0 Å². The average molecular weight is 235 g/mol. The van der Waals surface area contributed by atoms with Crippen LogP contribution in [0.25, 0.3) is 0 Å². The zero-order chi connectivity index (χ0) is 13.4. The van der Waals surface area contributed by atoms with Crippen LogP contribution in [0.15, 0.2) is 0 Å². The molecule has 0 aliphatic carbocycles. The maximum atomic E-state index is 8.24. The fourth-order valence-electron chi connectivity index (χ4n) is 0.836. The fraction of sp³-hybridized carbons (Fsp3) is 1.00. The van der Waals surface area contributed by atoms with E-state index in [1.54, 1.807) is 0 Å². The van der Waals surface area contributed by atoms with Crippen LogP contribution < -0.4 is 5.73 Å². The van der Waals surface area contributed by atoms with E-state index >= 15 is 0 Å². The maximum absolute atomic E-state index is 8.24. The number of nitrogens with two attached hydrogens (primary N) is 1. The molecule has 16 heavy (non-hydrogen) atoms. The molecule has 0 aliphatic rings. The first kappa shape index (κ1) is 21.2. The predicted octanol–water partition coefficient (Wildman–Crippen LogP) is 2.40. The van der Waals surface area contributed by atoms with Crippen molar-refractivity contribution in [3.05, 3.63) is 0 Å². The first-order chi connectivity index (χ1) is 7.45. The Bertz CT molecular complexity index is 83.9. The fourth-order valence-corrected chi connectivity index (χ4v) is 0.836. The minimum atomic E-state index is 0.0972. The van der Waals surface area contributed by atoms with Crippen molar-refractivity contribution >= 4 is 0 Å². The molecule has 0 amide bonds. The average Bonchev–Trinajstić information content (AvgIpc) is 2.18. The first-order valence-corrected chi connectivity index (χ1v) is 6.37. The Morgan fingerprint density at radius 3 is 1.25 bits per heavy atom. The lowest BCUT2D eigenvalue weighted by molar-refractivity contribution is 0.268. The summed E-state index contributed by atoms with van der Waals surface area (Å²) < 4.78 is 0. The lowest BCUT2D eigenvalue weighted by atomic mass is 10.1. The number of aliphatic hydroxyl groups excluding tert-OH is 2. The molecular weight excluding hydrogens is 202 g/mol. The molecule has 0 radical (unpaired) electrons. The van der Waals surface area contributed by atoms with Crippen molar-refractivity contribution in [2.24, 2.45) is 17.6 Å². The smallest absolute Gasteiger partial charge is 0.0553 e. The predicted molar refractivity (Wildman–Crippen MR) is 72.4 cm³/mol. The van der Waals surface area contributed by atoms with Crippen molar-refractivity contribution < 1.29 is 10.2 Å². The van der Waals surface area contributed by atoms with Gasteiger partial charge in [0.1, 0.15) is 0 Å². The van der Waals surface area contributed by atoms with Gasteiger partial charge in [-0.15, -0.1) is 0 Å². The summed E-state index contributed by atoms with van der Waals surface area (Å²) >= 11 is 0. The van der Waals surface area contributed by atoms with Crippen molar-refractivity contribution in [1.82, 2.24) is 0 Å². The highest BCUT2D eigenvalue weighted by Gasteiger charge is 1.86. The van der Waals surface area contributed by atoms with Crippen molar-refractivity contribution in [2.45, 2.75) is 53.9 Å². The van der Waals surface area contributed by atoms with Crippen molar-refractivity contribution in [3.63, 3.8) is 0 Å². The van der Waals surface area contributed by atoms with Crippen molar-refractivity contribution in [1.29, 1.82) is 0 Å². The highest BCUT2D eigenvalue weighted by molar-refractivity contribution is 4.39. The van der Waals surface area contributed by atoms with E-state index in [0.717, 1.165) is 12.3 Å². The Hall–Kier alpha value is -0.120. The van der Waals surface area contributed by atoms with E-state index < -0.39 is 0 Å². The number of aliphatic hydroxyl groups is 2. The summed E-state index contributed by atoms with van der Waals surface area (Å²) in [6.07, 6.45) is 3.64. The van der Waals surface area contributed by atoms with Gasteiger partial charge in [-0.05, 0) is 18.3 Å². The number of hydrogen-bond acceptors (Lipinski definition) is 3. The van der Waals surface area contributed by atoms with E-state index in [9.17, 15) is 0 Å². The van der Waals surface area contributed by atoms with E-state index in [-0.39, 0.29) is 6.61 Å². The van der Waals surface area contributed by atoms with Gasteiger partial charge >= 0.3 is 0 Å². The van der Waals surface area contributed by atoms with Gasteiger partial charge in [0.2, 0.25) is 0 Å². The van der Waals surface area contributed by atoms with Crippen molar-refractivity contribution in [2.75, 3.05) is 19.8 Å². The minimum absolute atomic E-state index is 0.0972. The number of rotatable bonds is 5. The van der Waals surface area contributed by atoms with Crippen molar-refractivity contribution in [3.8, 4) is 0 Å². The van der Waals surface area contributed by atoms with Gasteiger partial charge in [0.15, 0.2) is 0 Å². The summed E-state index contributed by atoms with van der Waals surface area (Å²) in [6, 6.07) is 0. The topological polar surface area (TPSA) is 66.5 Å². The van der Waals surface area contributed by atoms with E-state index in [2.05, 4.69) is 34.6 Å². The SMILES string of the molecule is CC(C)CCO.CCCC(C)C.NCCO. The molecule has 0 unspecified atom stereocenters. The van der Waals surface area contributed by atoms with E-state index in [1.807, 2.05) is 0 Å². The molecule has 0 fully saturated rings. The van der Waals surface area contributed by atoms with Gasteiger partial charge in [-0.1, -0.05) is 47.5 Å². The Balaban J connectivity index is -0.000000162. The number of hydrogen-bond donors (Lipinski definition) is 3. The third-order valence-corrected chi connectivity index (χ3v) is 1.70. The summed E-state index contributed by atoms with van der Waals surface area (Å²) in [5.41, 5.74) is 4.78. The molecule has 0 bridgehead atoms. The van der Waals surface area contributed by atoms with Crippen LogP contribution >= 0.6 is 0 Å². The lowest BCUT2D eigenvalue weighted by Crippen LogP contribution is -2.02. The molecule has 102 valence electrons. The van der Waals surface area contributed by atoms with Crippen LogP contribution in [-0.2, 0) is 0 Å². The highest BCUT2D eigenvalue weighted by Crippen LogP contribution is 2.00. The molecule has 3 heteroatoms. The maximum Gasteiger partial charge on any atom is 0.0553 e. The molecule has 0 spiro atoms. The molecule has 3 nitrogen and oxygen atoms in total. The zero-order valence-electron chi connectivity index (χ0n) is 11.9. The summed E-state index contributed by atoms with van der Waals surface area (Å²) in [4.78, 5) is 0. The summed E-state index contributed by atoms with van der Waals surface area (Å²) in [7, 11) is 0. The van der Waals surface area contributed by atoms with Crippen LogP contribution in [-0.4, -0.2) is 30.0 Å². The Morgan fingerprint density at radius 2 is 1.25 bits per heavy atom. The van der Waals surface area contributed by atoms with Crippen LogP contribution in [0.2, 0.25) is 0 Å². The second-order valence-corrected chi connectivity index (χ2v) is 4.60. The summed E-state index contributed by atoms with van der Waals surface area (Å²) in [5, 5.41) is 16.0. The lowest BCUT2D eigenvalue weighted by Gasteiger charge is -1.95. The second-order valence-electron chi connectivity index (χ2n) is 4.60. The standard InChI is InChI=1S/C6H14.C5H12O.C2H7NO/c1-4-5-6(2)3;1-5(2)3-4-6;3-1-2-4/h6H,4-5H2,1-3H3;5-6H,3-4H2,1-2H3;4H,1-3H2. The Morgan fingerprint density at radius 1 is 0.875 bits per heavy atom. The summed E-state index contributed by atoms with van der Waals surface area (Å²) in [6.45, 7) is 11.7. The molecule has 0 aliphatic heterocycles. The van der Waals surface area contributed by atoms with Crippen LogP contribution in [0, 0.1) is 11.8 Å². The Labute approximate surface area is 102 Å². The van der Waals surface area contributed by atoms with Gasteiger partial charge in [-0.25, -0.2) is 0 Å². The molecule has 0 aromatic carbocycles. The van der Waals surface area contributed by atoms with Crippen LogP contribution in [0.5, 0.6) is 0 Å². The molecule has 0 aromatic rings. The molecule has 0 heterocycles. The largest absolute Gasteiger partial charge is 0.396 e. The van der Waals surface area contributed by atoms with E-state index in [4.69, 9.17) is 15.9 Å².